The number of carboxylic acid groups (broad SMARTS) is 1. The molecule has 0 fully saturated rings. The minimum Gasteiger partial charge on any atom is -0.478 e. The van der Waals surface area contributed by atoms with Gasteiger partial charge >= 0.3 is 5.97 Å². The molecule has 0 aliphatic heterocycles. The van der Waals surface area contributed by atoms with E-state index in [4.69, 9.17) is 5.11 Å². The number of anilines is 1. The van der Waals surface area contributed by atoms with Crippen LogP contribution in [0.5, 0.6) is 0 Å². The number of aromatic carboxylic acids is 1. The largest absolute Gasteiger partial charge is 0.478 e. The normalized spacial score (nSPS) is 10.5. The SMILES string of the molecule is CN(Cc1csc(Br)c1)c1cccc(F)c1C(=O)O. The van der Waals surface area contributed by atoms with Crippen molar-refractivity contribution in [1.29, 1.82) is 0 Å². The van der Waals surface area contributed by atoms with E-state index < -0.39 is 11.8 Å². The van der Waals surface area contributed by atoms with Crippen LogP contribution in [0.15, 0.2) is 33.4 Å². The summed E-state index contributed by atoms with van der Waals surface area (Å²) in [5.74, 6) is -1.98. The number of thiophene rings is 1. The first-order valence-corrected chi connectivity index (χ1v) is 7.12. The highest BCUT2D eigenvalue weighted by molar-refractivity contribution is 9.11. The molecule has 0 saturated heterocycles. The van der Waals surface area contributed by atoms with Crippen LogP contribution in [0.3, 0.4) is 0 Å². The van der Waals surface area contributed by atoms with Gasteiger partial charge < -0.3 is 10.0 Å². The van der Waals surface area contributed by atoms with Gasteiger partial charge in [-0.15, -0.1) is 11.3 Å². The number of hydrogen-bond acceptors (Lipinski definition) is 3. The van der Waals surface area contributed by atoms with Crippen LogP contribution in [-0.2, 0) is 6.54 Å². The van der Waals surface area contributed by atoms with Crippen LogP contribution in [0.2, 0.25) is 0 Å². The Balaban J connectivity index is 2.31. The zero-order valence-corrected chi connectivity index (χ0v) is 12.5. The Bertz CT molecular complexity index is 614. The maximum Gasteiger partial charge on any atom is 0.340 e. The van der Waals surface area contributed by atoms with E-state index in [1.807, 2.05) is 11.4 Å². The molecule has 19 heavy (non-hydrogen) atoms. The fourth-order valence-electron chi connectivity index (χ4n) is 1.83. The average molecular weight is 344 g/mol. The molecule has 1 N–H and O–H groups in total. The van der Waals surface area contributed by atoms with Crippen LogP contribution in [0, 0.1) is 5.82 Å². The molecule has 3 nitrogen and oxygen atoms in total. The predicted molar refractivity (Wildman–Crippen MR) is 77.5 cm³/mol. The van der Waals surface area contributed by atoms with Crippen molar-refractivity contribution in [3.05, 3.63) is 50.4 Å². The monoisotopic (exact) mass is 343 g/mol. The van der Waals surface area contributed by atoms with E-state index in [1.165, 1.54) is 6.07 Å². The van der Waals surface area contributed by atoms with Gasteiger partial charge in [0, 0.05) is 13.6 Å². The number of benzene rings is 1. The van der Waals surface area contributed by atoms with E-state index in [0.717, 1.165) is 15.4 Å². The van der Waals surface area contributed by atoms with Gasteiger partial charge in [-0.05, 0) is 45.1 Å². The summed E-state index contributed by atoms with van der Waals surface area (Å²) in [5, 5.41) is 11.1. The minimum absolute atomic E-state index is 0.292. The van der Waals surface area contributed by atoms with Gasteiger partial charge in [-0.2, -0.15) is 0 Å². The third kappa shape index (κ3) is 3.13. The zero-order chi connectivity index (χ0) is 14.0. The van der Waals surface area contributed by atoms with Gasteiger partial charge in [0.25, 0.3) is 0 Å². The zero-order valence-electron chi connectivity index (χ0n) is 10.1. The Labute approximate surface area is 122 Å². The van der Waals surface area contributed by atoms with Crippen molar-refractivity contribution in [3.8, 4) is 0 Å². The Kier molecular flexibility index (Phi) is 4.21. The molecule has 0 atom stereocenters. The summed E-state index contributed by atoms with van der Waals surface area (Å²) in [6, 6.07) is 6.23. The first-order chi connectivity index (χ1) is 8.99. The Morgan fingerprint density at radius 3 is 2.84 bits per heavy atom. The molecule has 1 heterocycles. The third-order valence-corrected chi connectivity index (χ3v) is 4.21. The summed E-state index contributed by atoms with van der Waals surface area (Å²) >= 11 is 4.93. The standard InChI is InChI=1S/C13H11BrFNO2S/c1-16(6-8-5-11(14)19-7-8)10-4-2-3-9(15)12(10)13(17)18/h2-5,7H,6H2,1H3,(H,17,18). The lowest BCUT2D eigenvalue weighted by Crippen LogP contribution is -2.20. The van der Waals surface area contributed by atoms with Gasteiger partial charge in [-0.3, -0.25) is 0 Å². The molecule has 0 unspecified atom stereocenters. The van der Waals surface area contributed by atoms with E-state index in [1.54, 1.807) is 29.4 Å². The quantitative estimate of drug-likeness (QED) is 0.912. The van der Waals surface area contributed by atoms with Crippen molar-refractivity contribution in [1.82, 2.24) is 0 Å². The topological polar surface area (TPSA) is 40.5 Å². The first-order valence-electron chi connectivity index (χ1n) is 5.45. The summed E-state index contributed by atoms with van der Waals surface area (Å²) in [6.07, 6.45) is 0. The van der Waals surface area contributed by atoms with E-state index in [9.17, 15) is 9.18 Å². The molecule has 1 aromatic carbocycles. The summed E-state index contributed by atoms with van der Waals surface area (Å²) in [6.45, 7) is 0.520. The summed E-state index contributed by atoms with van der Waals surface area (Å²) in [7, 11) is 1.74. The van der Waals surface area contributed by atoms with Gasteiger partial charge in [0.1, 0.15) is 11.4 Å². The van der Waals surface area contributed by atoms with Gasteiger partial charge in [-0.25, -0.2) is 9.18 Å². The van der Waals surface area contributed by atoms with Crippen LogP contribution in [0.25, 0.3) is 0 Å². The van der Waals surface area contributed by atoms with E-state index in [0.29, 0.717) is 12.2 Å². The molecular formula is C13H11BrFNO2S. The van der Waals surface area contributed by atoms with Crippen molar-refractivity contribution in [2.75, 3.05) is 11.9 Å². The molecule has 0 aliphatic rings. The van der Waals surface area contributed by atoms with Crippen molar-refractivity contribution >= 4 is 38.9 Å². The molecule has 2 rings (SSSR count). The minimum atomic E-state index is -1.26. The maximum atomic E-state index is 13.6. The highest BCUT2D eigenvalue weighted by Crippen LogP contribution is 2.26. The van der Waals surface area contributed by atoms with E-state index >= 15 is 0 Å². The molecule has 0 amide bonds. The molecule has 2 aromatic rings. The fraction of sp³-hybridized carbons (Fsp3) is 0.154. The lowest BCUT2D eigenvalue weighted by molar-refractivity contribution is 0.0692. The van der Waals surface area contributed by atoms with Gasteiger partial charge in [-0.1, -0.05) is 6.07 Å². The number of hydrogen-bond donors (Lipinski definition) is 1. The molecule has 0 saturated carbocycles. The van der Waals surface area contributed by atoms with E-state index in [-0.39, 0.29) is 5.56 Å². The molecule has 6 heteroatoms. The second kappa shape index (κ2) is 5.71. The van der Waals surface area contributed by atoms with Crippen molar-refractivity contribution in [3.63, 3.8) is 0 Å². The lowest BCUT2D eigenvalue weighted by Gasteiger charge is -2.20. The highest BCUT2D eigenvalue weighted by Gasteiger charge is 2.18. The van der Waals surface area contributed by atoms with Crippen molar-refractivity contribution in [2.45, 2.75) is 6.54 Å². The predicted octanol–water partition coefficient (Wildman–Crippen LogP) is 3.98. The molecule has 0 radical (unpaired) electrons. The van der Waals surface area contributed by atoms with Gasteiger partial charge in [0.2, 0.25) is 0 Å². The highest BCUT2D eigenvalue weighted by atomic mass is 79.9. The first kappa shape index (κ1) is 14.0. The third-order valence-electron chi connectivity index (χ3n) is 2.66. The number of nitrogens with zero attached hydrogens (tertiary/aromatic N) is 1. The van der Waals surface area contributed by atoms with Gasteiger partial charge in [0.05, 0.1) is 9.47 Å². The summed E-state index contributed by atoms with van der Waals surface area (Å²) in [5.41, 5.74) is 1.12. The van der Waals surface area contributed by atoms with Crippen LogP contribution in [0.1, 0.15) is 15.9 Å². The van der Waals surface area contributed by atoms with E-state index in [2.05, 4.69) is 15.9 Å². The number of carbonyl (C=O) groups is 1. The van der Waals surface area contributed by atoms with Crippen LogP contribution in [0.4, 0.5) is 10.1 Å². The molecular weight excluding hydrogens is 333 g/mol. The Morgan fingerprint density at radius 2 is 2.26 bits per heavy atom. The molecule has 100 valence electrons. The number of carboxylic acids is 1. The lowest BCUT2D eigenvalue weighted by atomic mass is 10.1. The maximum absolute atomic E-state index is 13.6. The summed E-state index contributed by atoms with van der Waals surface area (Å²) < 4.78 is 14.6. The Hall–Kier alpha value is -1.40. The second-order valence-corrected chi connectivity index (χ2v) is 6.34. The fourth-order valence-corrected chi connectivity index (χ4v) is 3.03. The number of halogens is 2. The number of rotatable bonds is 4. The molecule has 1 aromatic heterocycles. The van der Waals surface area contributed by atoms with Crippen LogP contribution < -0.4 is 4.90 Å². The van der Waals surface area contributed by atoms with Crippen molar-refractivity contribution < 1.29 is 14.3 Å². The second-order valence-electron chi connectivity index (χ2n) is 4.05. The van der Waals surface area contributed by atoms with Crippen LogP contribution >= 0.6 is 27.3 Å². The Morgan fingerprint density at radius 1 is 1.53 bits per heavy atom. The summed E-state index contributed by atoms with van der Waals surface area (Å²) in [4.78, 5) is 12.9. The van der Waals surface area contributed by atoms with Crippen molar-refractivity contribution in [2.24, 2.45) is 0 Å². The van der Waals surface area contributed by atoms with Crippen LogP contribution in [-0.4, -0.2) is 18.1 Å². The average Bonchev–Trinajstić information content (AvgIpc) is 2.73. The smallest absolute Gasteiger partial charge is 0.340 e. The molecule has 0 aliphatic carbocycles. The van der Waals surface area contributed by atoms with Gasteiger partial charge in [0.15, 0.2) is 0 Å². The molecule has 0 bridgehead atoms. The molecule has 0 spiro atoms.